The fraction of sp³-hybridized carbons (Fsp3) is 0.567. The van der Waals surface area contributed by atoms with Gasteiger partial charge in [0, 0.05) is 42.1 Å². The first-order chi connectivity index (χ1) is 17.3. The summed E-state index contributed by atoms with van der Waals surface area (Å²) in [5, 5.41) is 11.5. The Morgan fingerprint density at radius 3 is 2.56 bits per heavy atom. The highest BCUT2D eigenvalue weighted by atomic mass is 19.1. The van der Waals surface area contributed by atoms with Crippen LogP contribution in [0.25, 0.3) is 0 Å². The molecule has 1 saturated heterocycles. The van der Waals surface area contributed by atoms with Crippen LogP contribution in [0.4, 0.5) is 14.5 Å². The van der Waals surface area contributed by atoms with E-state index in [0.717, 1.165) is 36.0 Å². The molecule has 1 aliphatic heterocycles. The summed E-state index contributed by atoms with van der Waals surface area (Å²) in [5.41, 5.74) is 1.89. The van der Waals surface area contributed by atoms with Gasteiger partial charge in [-0.1, -0.05) is 18.4 Å². The number of terminal acetylenes is 1. The number of fused-ring (bicyclic) bond motifs is 4. The summed E-state index contributed by atoms with van der Waals surface area (Å²) in [4.78, 5) is 14.1. The SMILES string of the molecule is C#C[C@]1(O)CC[C@H]2[C@@H]3CCC4=CC(=O)CCC4=C3[C@@H](c3c(F)cc(N4CCOCC4)cc3F)C[C@@]21C. The van der Waals surface area contributed by atoms with E-state index in [-0.39, 0.29) is 23.2 Å². The summed E-state index contributed by atoms with van der Waals surface area (Å²) in [6, 6.07) is 2.90. The number of morpholine rings is 1. The minimum atomic E-state index is -1.30. The van der Waals surface area contributed by atoms with Crippen LogP contribution in [0.3, 0.4) is 0 Å². The molecule has 0 bridgehead atoms. The number of ether oxygens (including phenoxy) is 1. The molecule has 0 aromatic heterocycles. The smallest absolute Gasteiger partial charge is 0.156 e. The van der Waals surface area contributed by atoms with E-state index in [9.17, 15) is 9.90 Å². The van der Waals surface area contributed by atoms with Gasteiger partial charge in [-0.2, -0.15) is 0 Å². The number of hydrogen-bond donors (Lipinski definition) is 1. The van der Waals surface area contributed by atoms with Crippen molar-refractivity contribution in [3.05, 3.63) is 52.1 Å². The second-order valence-electron chi connectivity index (χ2n) is 11.5. The lowest BCUT2D eigenvalue weighted by molar-refractivity contribution is -0.114. The third kappa shape index (κ3) is 3.43. The number of allylic oxidation sites excluding steroid dienone is 4. The molecule has 4 aliphatic carbocycles. The van der Waals surface area contributed by atoms with Crippen molar-refractivity contribution in [3.8, 4) is 12.3 Å². The summed E-state index contributed by atoms with van der Waals surface area (Å²) in [6.07, 6.45) is 11.9. The molecule has 2 saturated carbocycles. The van der Waals surface area contributed by atoms with Gasteiger partial charge in [0.05, 0.1) is 13.2 Å². The maximum atomic E-state index is 15.9. The molecule has 0 radical (unpaired) electrons. The van der Waals surface area contributed by atoms with Crippen molar-refractivity contribution < 1.29 is 23.4 Å². The number of ketones is 1. The number of rotatable bonds is 2. The van der Waals surface area contributed by atoms with Gasteiger partial charge in [-0.3, -0.25) is 4.79 Å². The molecule has 1 aromatic rings. The Balaban J connectivity index is 1.51. The quantitative estimate of drug-likeness (QED) is 0.585. The molecule has 36 heavy (non-hydrogen) atoms. The normalized spacial score (nSPS) is 36.1. The Hall–Kier alpha value is -2.49. The van der Waals surface area contributed by atoms with Crippen LogP contribution in [0, 0.1) is 41.2 Å². The molecule has 1 aromatic carbocycles. The fourth-order valence-corrected chi connectivity index (χ4v) is 8.07. The highest BCUT2D eigenvalue weighted by molar-refractivity contribution is 5.93. The van der Waals surface area contributed by atoms with Crippen LogP contribution in [-0.4, -0.2) is 42.8 Å². The second kappa shape index (κ2) is 8.53. The van der Waals surface area contributed by atoms with Crippen molar-refractivity contribution in [1.29, 1.82) is 0 Å². The number of halogens is 2. The zero-order chi connectivity index (χ0) is 25.2. The van der Waals surface area contributed by atoms with Gasteiger partial charge in [-0.05, 0) is 79.7 Å². The van der Waals surface area contributed by atoms with Crippen LogP contribution in [0.1, 0.15) is 63.4 Å². The maximum absolute atomic E-state index is 15.9. The molecule has 6 rings (SSSR count). The van der Waals surface area contributed by atoms with Crippen molar-refractivity contribution in [3.63, 3.8) is 0 Å². The van der Waals surface area contributed by atoms with E-state index in [1.807, 2.05) is 11.8 Å². The van der Waals surface area contributed by atoms with Gasteiger partial charge in [0.15, 0.2) is 5.78 Å². The van der Waals surface area contributed by atoms with Crippen molar-refractivity contribution in [1.82, 2.24) is 0 Å². The molecule has 4 nitrogen and oxygen atoms in total. The predicted octanol–water partition coefficient (Wildman–Crippen LogP) is 5.07. The summed E-state index contributed by atoms with van der Waals surface area (Å²) < 4.78 is 37.3. The largest absolute Gasteiger partial charge is 0.378 e. The van der Waals surface area contributed by atoms with Gasteiger partial charge in [-0.15, -0.1) is 6.42 Å². The zero-order valence-electron chi connectivity index (χ0n) is 20.8. The molecule has 190 valence electrons. The summed E-state index contributed by atoms with van der Waals surface area (Å²) in [7, 11) is 0. The molecule has 0 unspecified atom stereocenters. The number of nitrogens with zero attached hydrogens (tertiary/aromatic N) is 1. The predicted molar refractivity (Wildman–Crippen MR) is 133 cm³/mol. The van der Waals surface area contributed by atoms with Crippen LogP contribution >= 0.6 is 0 Å². The first-order valence-electron chi connectivity index (χ1n) is 13.2. The topological polar surface area (TPSA) is 49.8 Å². The van der Waals surface area contributed by atoms with Crippen molar-refractivity contribution in [2.24, 2.45) is 17.3 Å². The third-order valence-electron chi connectivity index (χ3n) is 9.91. The third-order valence-corrected chi connectivity index (χ3v) is 9.91. The highest BCUT2D eigenvalue weighted by Crippen LogP contribution is 2.66. The van der Waals surface area contributed by atoms with Gasteiger partial charge < -0.3 is 14.7 Å². The molecule has 5 aliphatic rings. The van der Waals surface area contributed by atoms with E-state index in [1.54, 1.807) is 6.08 Å². The Labute approximate surface area is 211 Å². The number of benzene rings is 1. The van der Waals surface area contributed by atoms with E-state index in [0.29, 0.717) is 57.7 Å². The maximum Gasteiger partial charge on any atom is 0.156 e. The molecule has 1 heterocycles. The van der Waals surface area contributed by atoms with E-state index in [2.05, 4.69) is 5.92 Å². The summed E-state index contributed by atoms with van der Waals surface area (Å²) in [5.74, 6) is 1.40. The highest BCUT2D eigenvalue weighted by Gasteiger charge is 2.63. The average molecular weight is 494 g/mol. The minimum absolute atomic E-state index is 0.0728. The zero-order valence-corrected chi connectivity index (χ0v) is 20.8. The van der Waals surface area contributed by atoms with E-state index in [4.69, 9.17) is 11.2 Å². The number of carbonyl (C=O) groups is 1. The molecule has 6 heteroatoms. The van der Waals surface area contributed by atoms with Crippen LogP contribution in [-0.2, 0) is 9.53 Å². The van der Waals surface area contributed by atoms with Crippen molar-refractivity contribution in [2.45, 2.75) is 63.4 Å². The lowest BCUT2D eigenvalue weighted by Crippen LogP contribution is -2.51. The van der Waals surface area contributed by atoms with Gasteiger partial charge in [0.25, 0.3) is 0 Å². The Kier molecular flexibility index (Phi) is 5.66. The summed E-state index contributed by atoms with van der Waals surface area (Å²) >= 11 is 0. The number of anilines is 1. The Morgan fingerprint density at radius 1 is 1.14 bits per heavy atom. The Morgan fingerprint density at radius 2 is 1.86 bits per heavy atom. The summed E-state index contributed by atoms with van der Waals surface area (Å²) in [6.45, 7) is 4.27. The number of carbonyl (C=O) groups excluding carboxylic acids is 1. The van der Waals surface area contributed by atoms with E-state index in [1.165, 1.54) is 12.1 Å². The Bertz CT molecular complexity index is 1200. The molecule has 0 amide bonds. The first-order valence-corrected chi connectivity index (χ1v) is 13.2. The van der Waals surface area contributed by atoms with Gasteiger partial charge in [0.2, 0.25) is 0 Å². The molecule has 0 spiro atoms. The first kappa shape index (κ1) is 23.9. The molecule has 5 atom stereocenters. The van der Waals surface area contributed by atoms with Crippen LogP contribution in [0.15, 0.2) is 34.9 Å². The fourth-order valence-electron chi connectivity index (χ4n) is 8.07. The van der Waals surface area contributed by atoms with E-state index >= 15 is 8.78 Å². The lowest BCUT2D eigenvalue weighted by atomic mass is 9.51. The average Bonchev–Trinajstić information content (AvgIpc) is 3.14. The number of aliphatic hydroxyl groups is 1. The standard InChI is InChI=1S/C30H33F2NO3/c1-3-30(35)9-8-24-22-6-4-18-14-20(34)5-7-21(18)27(22)23(17-29(24,30)2)28-25(31)15-19(16-26(28)32)33-10-12-36-13-11-33/h1,14-16,22-24,35H,4-13,17H2,2H3/t22-,23-,24-,29-,30-/m0/s1. The van der Waals surface area contributed by atoms with Crippen LogP contribution in [0.5, 0.6) is 0 Å². The van der Waals surface area contributed by atoms with Crippen molar-refractivity contribution in [2.75, 3.05) is 31.2 Å². The lowest BCUT2D eigenvalue weighted by Gasteiger charge is -2.53. The molecular weight excluding hydrogens is 460 g/mol. The molecule has 1 N–H and O–H groups in total. The van der Waals surface area contributed by atoms with Crippen LogP contribution < -0.4 is 4.90 Å². The molecule has 3 fully saturated rings. The molecular formula is C30H33F2NO3. The van der Waals surface area contributed by atoms with Crippen LogP contribution in [0.2, 0.25) is 0 Å². The van der Waals surface area contributed by atoms with Crippen molar-refractivity contribution >= 4 is 11.5 Å². The minimum Gasteiger partial charge on any atom is -0.378 e. The van der Waals surface area contributed by atoms with Gasteiger partial charge in [-0.25, -0.2) is 8.78 Å². The monoisotopic (exact) mass is 493 g/mol. The number of hydrogen-bond acceptors (Lipinski definition) is 4. The van der Waals surface area contributed by atoms with E-state index < -0.39 is 28.6 Å². The van der Waals surface area contributed by atoms with Gasteiger partial charge in [0.1, 0.15) is 17.2 Å². The van der Waals surface area contributed by atoms with Gasteiger partial charge >= 0.3 is 0 Å². The second-order valence-corrected chi connectivity index (χ2v) is 11.5.